The number of rotatable bonds is 5. The van der Waals surface area contributed by atoms with Gasteiger partial charge in [0.2, 0.25) is 5.91 Å². The van der Waals surface area contributed by atoms with E-state index in [0.717, 1.165) is 11.1 Å². The molecule has 0 saturated carbocycles. The summed E-state index contributed by atoms with van der Waals surface area (Å²) in [4.78, 5) is 14.4. The van der Waals surface area contributed by atoms with Crippen molar-refractivity contribution in [3.05, 3.63) is 71.3 Å². The Morgan fingerprint density at radius 1 is 1.09 bits per heavy atom. The Balaban J connectivity index is 0.00000242. The first-order chi connectivity index (χ1) is 10.1. The third-order valence-electron chi connectivity index (χ3n) is 3.74. The second kappa shape index (κ2) is 8.57. The Hall–Kier alpha value is -1.84. The Labute approximate surface area is 138 Å². The van der Waals surface area contributed by atoms with E-state index in [2.05, 4.69) is 19.1 Å². The number of amides is 1. The fraction of sp³-hybridized carbons (Fsp3) is 0.278. The third kappa shape index (κ3) is 4.33. The van der Waals surface area contributed by atoms with Gasteiger partial charge in [0.05, 0.1) is 0 Å². The zero-order chi connectivity index (χ0) is 15.2. The van der Waals surface area contributed by atoms with Crippen LogP contribution in [0.1, 0.15) is 29.7 Å². The lowest BCUT2D eigenvalue weighted by Gasteiger charge is -2.25. The van der Waals surface area contributed by atoms with Gasteiger partial charge in [0.15, 0.2) is 0 Å². The maximum Gasteiger partial charge on any atom is 0.244 e. The van der Waals surface area contributed by atoms with Gasteiger partial charge in [0, 0.05) is 13.1 Å². The van der Waals surface area contributed by atoms with Crippen molar-refractivity contribution in [3.8, 4) is 0 Å². The second-order valence-corrected chi connectivity index (χ2v) is 5.17. The van der Waals surface area contributed by atoms with E-state index in [1.54, 1.807) is 4.90 Å². The number of nitrogens with zero attached hydrogens (tertiary/aromatic N) is 1. The van der Waals surface area contributed by atoms with Gasteiger partial charge in [-0.05, 0) is 30.5 Å². The van der Waals surface area contributed by atoms with Crippen LogP contribution in [0.25, 0.3) is 0 Å². The first kappa shape index (κ1) is 18.2. The summed E-state index contributed by atoms with van der Waals surface area (Å²) in [5.41, 5.74) is 9.32. The molecular formula is C18H23ClN2O. The molecule has 0 fully saturated rings. The third-order valence-corrected chi connectivity index (χ3v) is 3.74. The molecule has 3 nitrogen and oxygen atoms in total. The van der Waals surface area contributed by atoms with Gasteiger partial charge in [-0.2, -0.15) is 0 Å². The second-order valence-electron chi connectivity index (χ2n) is 5.17. The average Bonchev–Trinajstić information content (AvgIpc) is 2.53. The van der Waals surface area contributed by atoms with Crippen LogP contribution < -0.4 is 5.73 Å². The van der Waals surface area contributed by atoms with Crippen LogP contribution in [0.2, 0.25) is 0 Å². The molecule has 0 spiro atoms. The number of carbonyl (C=O) groups excluding carboxylic acids is 1. The highest BCUT2D eigenvalue weighted by Gasteiger charge is 2.21. The van der Waals surface area contributed by atoms with Crippen LogP contribution in [0.5, 0.6) is 0 Å². The largest absolute Gasteiger partial charge is 0.337 e. The normalized spacial score (nSPS) is 11.4. The van der Waals surface area contributed by atoms with Crippen LogP contribution >= 0.6 is 12.4 Å². The minimum absolute atomic E-state index is 0. The zero-order valence-corrected chi connectivity index (χ0v) is 13.8. The van der Waals surface area contributed by atoms with E-state index in [1.807, 2.05) is 49.4 Å². The zero-order valence-electron chi connectivity index (χ0n) is 13.0. The highest BCUT2D eigenvalue weighted by atomic mass is 35.5. The molecule has 0 aromatic heterocycles. The molecular weight excluding hydrogens is 296 g/mol. The highest BCUT2D eigenvalue weighted by Crippen LogP contribution is 2.16. The molecule has 4 heteroatoms. The molecule has 2 aromatic carbocycles. The Morgan fingerprint density at radius 3 is 2.27 bits per heavy atom. The molecule has 2 rings (SSSR count). The summed E-state index contributed by atoms with van der Waals surface area (Å²) in [7, 11) is 0. The number of halogens is 1. The Kier molecular flexibility index (Phi) is 7.09. The number of carbonyl (C=O) groups is 1. The molecule has 1 amide bonds. The Bertz CT molecular complexity index is 601. The van der Waals surface area contributed by atoms with Gasteiger partial charge in [0.1, 0.15) is 6.04 Å². The molecule has 2 N–H and O–H groups in total. The lowest BCUT2D eigenvalue weighted by molar-refractivity contribution is -0.133. The SMILES string of the molecule is CCN(Cc1ccccc1C)C(=O)C(N)c1ccccc1.Cl. The molecule has 1 unspecified atom stereocenters. The van der Waals surface area contributed by atoms with E-state index in [4.69, 9.17) is 5.73 Å². The summed E-state index contributed by atoms with van der Waals surface area (Å²) in [5, 5.41) is 0. The number of hydrogen-bond donors (Lipinski definition) is 1. The van der Waals surface area contributed by atoms with Crippen LogP contribution in [-0.4, -0.2) is 17.4 Å². The van der Waals surface area contributed by atoms with Crippen LogP contribution in [-0.2, 0) is 11.3 Å². The maximum atomic E-state index is 12.6. The minimum Gasteiger partial charge on any atom is -0.337 e. The van der Waals surface area contributed by atoms with E-state index < -0.39 is 6.04 Å². The number of aryl methyl sites for hydroxylation is 1. The lowest BCUT2D eigenvalue weighted by Crippen LogP contribution is -2.38. The minimum atomic E-state index is -0.602. The topological polar surface area (TPSA) is 46.3 Å². The first-order valence-corrected chi connectivity index (χ1v) is 7.27. The maximum absolute atomic E-state index is 12.6. The first-order valence-electron chi connectivity index (χ1n) is 7.27. The molecule has 0 radical (unpaired) electrons. The van der Waals surface area contributed by atoms with Gasteiger partial charge in [-0.15, -0.1) is 12.4 Å². The lowest BCUT2D eigenvalue weighted by atomic mass is 10.0. The van der Waals surface area contributed by atoms with Gasteiger partial charge in [0.25, 0.3) is 0 Å². The molecule has 0 heterocycles. The Morgan fingerprint density at radius 2 is 1.68 bits per heavy atom. The number of benzene rings is 2. The molecule has 118 valence electrons. The molecule has 22 heavy (non-hydrogen) atoms. The van der Waals surface area contributed by atoms with Crippen molar-refractivity contribution in [2.45, 2.75) is 26.4 Å². The molecule has 0 aliphatic heterocycles. The van der Waals surface area contributed by atoms with Gasteiger partial charge < -0.3 is 10.6 Å². The smallest absolute Gasteiger partial charge is 0.244 e. The standard InChI is InChI=1S/C18H22N2O.ClH/c1-3-20(13-16-12-8-7-9-14(16)2)18(21)17(19)15-10-5-4-6-11-15;/h4-12,17H,3,13,19H2,1-2H3;1H. The van der Waals surface area contributed by atoms with E-state index in [-0.39, 0.29) is 18.3 Å². The molecule has 0 aliphatic rings. The monoisotopic (exact) mass is 318 g/mol. The van der Waals surface area contributed by atoms with Crippen molar-refractivity contribution in [2.24, 2.45) is 5.73 Å². The molecule has 0 saturated heterocycles. The predicted molar refractivity (Wildman–Crippen MR) is 92.9 cm³/mol. The fourth-order valence-electron chi connectivity index (χ4n) is 2.34. The number of nitrogens with two attached hydrogens (primary N) is 1. The molecule has 0 bridgehead atoms. The van der Waals surface area contributed by atoms with Crippen LogP contribution in [0.3, 0.4) is 0 Å². The predicted octanol–water partition coefficient (Wildman–Crippen LogP) is 3.47. The van der Waals surface area contributed by atoms with Crippen molar-refractivity contribution in [2.75, 3.05) is 6.54 Å². The van der Waals surface area contributed by atoms with Crippen LogP contribution in [0.4, 0.5) is 0 Å². The highest BCUT2D eigenvalue weighted by molar-refractivity contribution is 5.85. The van der Waals surface area contributed by atoms with E-state index >= 15 is 0 Å². The summed E-state index contributed by atoms with van der Waals surface area (Å²) < 4.78 is 0. The summed E-state index contributed by atoms with van der Waals surface area (Å²) in [6, 6.07) is 17.0. The summed E-state index contributed by atoms with van der Waals surface area (Å²) in [6.07, 6.45) is 0. The van der Waals surface area contributed by atoms with E-state index in [1.165, 1.54) is 5.56 Å². The van der Waals surface area contributed by atoms with Gasteiger partial charge in [-0.25, -0.2) is 0 Å². The van der Waals surface area contributed by atoms with Crippen molar-refractivity contribution >= 4 is 18.3 Å². The quantitative estimate of drug-likeness (QED) is 0.917. The summed E-state index contributed by atoms with van der Waals surface area (Å²) >= 11 is 0. The molecule has 1 atom stereocenters. The van der Waals surface area contributed by atoms with Crippen LogP contribution in [0, 0.1) is 6.92 Å². The summed E-state index contributed by atoms with van der Waals surface area (Å²) in [6.45, 7) is 5.29. The van der Waals surface area contributed by atoms with Gasteiger partial charge >= 0.3 is 0 Å². The van der Waals surface area contributed by atoms with Gasteiger partial charge in [-0.1, -0.05) is 54.6 Å². The van der Waals surface area contributed by atoms with Crippen molar-refractivity contribution in [3.63, 3.8) is 0 Å². The van der Waals surface area contributed by atoms with Crippen molar-refractivity contribution in [1.29, 1.82) is 0 Å². The average molecular weight is 319 g/mol. The summed E-state index contributed by atoms with van der Waals surface area (Å²) in [5.74, 6) is -0.0352. The van der Waals surface area contributed by atoms with Crippen LogP contribution in [0.15, 0.2) is 54.6 Å². The van der Waals surface area contributed by atoms with Crippen molar-refractivity contribution in [1.82, 2.24) is 4.90 Å². The number of hydrogen-bond acceptors (Lipinski definition) is 2. The van der Waals surface area contributed by atoms with E-state index in [9.17, 15) is 4.79 Å². The van der Waals surface area contributed by atoms with E-state index in [0.29, 0.717) is 13.1 Å². The molecule has 0 aliphatic carbocycles. The van der Waals surface area contributed by atoms with Crippen molar-refractivity contribution < 1.29 is 4.79 Å². The number of likely N-dealkylation sites (N-methyl/N-ethyl adjacent to an activating group) is 1. The fourth-order valence-corrected chi connectivity index (χ4v) is 2.34. The molecule has 2 aromatic rings. The van der Waals surface area contributed by atoms with Gasteiger partial charge in [-0.3, -0.25) is 4.79 Å².